The van der Waals surface area contributed by atoms with Crippen molar-refractivity contribution in [3.05, 3.63) is 34.9 Å². The summed E-state index contributed by atoms with van der Waals surface area (Å²) < 4.78 is 0. The van der Waals surface area contributed by atoms with E-state index < -0.39 is 0 Å². The summed E-state index contributed by atoms with van der Waals surface area (Å²) in [4.78, 5) is 10.6. The van der Waals surface area contributed by atoms with E-state index in [0.29, 0.717) is 5.56 Å². The van der Waals surface area contributed by atoms with Crippen LogP contribution in [0.25, 0.3) is 0 Å². The maximum atomic E-state index is 10.6. The molecule has 1 rings (SSSR count). The zero-order chi connectivity index (χ0) is 11.1. The summed E-state index contributed by atoms with van der Waals surface area (Å²) in [6.07, 6.45) is 1.67. The van der Waals surface area contributed by atoms with Gasteiger partial charge in [0, 0.05) is 24.1 Å². The highest BCUT2D eigenvalue weighted by Crippen LogP contribution is 2.06. The number of carbonyl (C=O) groups is 1. The lowest BCUT2D eigenvalue weighted by Crippen LogP contribution is -2.05. The smallest absolute Gasteiger partial charge is 0.150 e. The highest BCUT2D eigenvalue weighted by Gasteiger charge is 1.94. The topological polar surface area (TPSA) is 29.1 Å². The molecule has 0 heterocycles. The first-order chi connectivity index (χ1) is 7.26. The van der Waals surface area contributed by atoms with Crippen molar-refractivity contribution in [1.82, 2.24) is 5.32 Å². The molecule has 0 saturated heterocycles. The van der Waals surface area contributed by atoms with Crippen LogP contribution < -0.4 is 5.32 Å². The fourth-order valence-corrected chi connectivity index (χ4v) is 1.31. The van der Waals surface area contributed by atoms with Crippen molar-refractivity contribution in [3.8, 4) is 11.8 Å². The van der Waals surface area contributed by atoms with E-state index in [4.69, 9.17) is 0 Å². The SMILES string of the molecule is CNCCC#Cc1cc(C)cc(C=O)c1. The van der Waals surface area contributed by atoms with Crippen molar-refractivity contribution >= 4 is 6.29 Å². The minimum Gasteiger partial charge on any atom is -0.319 e. The van der Waals surface area contributed by atoms with Crippen molar-refractivity contribution in [2.45, 2.75) is 13.3 Å². The number of carbonyl (C=O) groups excluding carboxylic acids is 1. The zero-order valence-electron chi connectivity index (χ0n) is 9.13. The summed E-state index contributed by atoms with van der Waals surface area (Å²) >= 11 is 0. The first-order valence-corrected chi connectivity index (χ1v) is 4.96. The van der Waals surface area contributed by atoms with Gasteiger partial charge in [-0.25, -0.2) is 0 Å². The van der Waals surface area contributed by atoms with Gasteiger partial charge in [0.15, 0.2) is 0 Å². The molecule has 0 fully saturated rings. The van der Waals surface area contributed by atoms with Crippen LogP contribution in [-0.4, -0.2) is 19.9 Å². The fourth-order valence-electron chi connectivity index (χ4n) is 1.31. The Hall–Kier alpha value is -1.59. The van der Waals surface area contributed by atoms with Crippen molar-refractivity contribution < 1.29 is 4.79 Å². The van der Waals surface area contributed by atoms with Gasteiger partial charge in [-0.05, 0) is 37.7 Å². The number of aldehydes is 1. The van der Waals surface area contributed by atoms with Crippen LogP contribution in [-0.2, 0) is 0 Å². The maximum absolute atomic E-state index is 10.6. The lowest BCUT2D eigenvalue weighted by molar-refractivity contribution is 0.112. The van der Waals surface area contributed by atoms with Crippen LogP contribution in [0.1, 0.15) is 27.9 Å². The van der Waals surface area contributed by atoms with Crippen LogP contribution in [0.15, 0.2) is 18.2 Å². The second-order valence-corrected chi connectivity index (χ2v) is 3.41. The Morgan fingerprint density at radius 1 is 1.40 bits per heavy atom. The van der Waals surface area contributed by atoms with E-state index in [2.05, 4.69) is 17.2 Å². The molecule has 0 unspecified atom stereocenters. The largest absolute Gasteiger partial charge is 0.319 e. The molecule has 0 bridgehead atoms. The van der Waals surface area contributed by atoms with E-state index in [-0.39, 0.29) is 0 Å². The molecule has 78 valence electrons. The van der Waals surface area contributed by atoms with E-state index in [0.717, 1.165) is 30.4 Å². The molecule has 0 aliphatic carbocycles. The van der Waals surface area contributed by atoms with E-state index in [1.54, 1.807) is 0 Å². The molecule has 1 aromatic rings. The van der Waals surface area contributed by atoms with E-state index in [9.17, 15) is 4.79 Å². The Labute approximate surface area is 90.7 Å². The fraction of sp³-hybridized carbons (Fsp3) is 0.308. The van der Waals surface area contributed by atoms with Crippen molar-refractivity contribution in [3.63, 3.8) is 0 Å². The predicted octanol–water partition coefficient (Wildman–Crippen LogP) is 1.77. The molecule has 0 aliphatic heterocycles. The molecule has 0 radical (unpaired) electrons. The zero-order valence-corrected chi connectivity index (χ0v) is 9.13. The monoisotopic (exact) mass is 201 g/mol. The molecular weight excluding hydrogens is 186 g/mol. The molecule has 0 atom stereocenters. The number of hydrogen-bond acceptors (Lipinski definition) is 2. The Morgan fingerprint density at radius 3 is 2.87 bits per heavy atom. The summed E-state index contributed by atoms with van der Waals surface area (Å²) in [6.45, 7) is 2.85. The van der Waals surface area contributed by atoms with Crippen LogP contribution >= 0.6 is 0 Å². The molecule has 15 heavy (non-hydrogen) atoms. The van der Waals surface area contributed by atoms with Gasteiger partial charge in [-0.1, -0.05) is 11.8 Å². The number of nitrogens with one attached hydrogen (secondary N) is 1. The van der Waals surface area contributed by atoms with E-state index >= 15 is 0 Å². The van der Waals surface area contributed by atoms with Crippen LogP contribution in [0.4, 0.5) is 0 Å². The maximum Gasteiger partial charge on any atom is 0.150 e. The van der Waals surface area contributed by atoms with Crippen LogP contribution in [0.5, 0.6) is 0 Å². The summed E-state index contributed by atoms with van der Waals surface area (Å²) in [5.74, 6) is 6.10. The summed E-state index contributed by atoms with van der Waals surface area (Å²) in [5, 5.41) is 3.03. The van der Waals surface area contributed by atoms with Gasteiger partial charge in [-0.15, -0.1) is 0 Å². The predicted molar refractivity (Wildman–Crippen MR) is 62.0 cm³/mol. The Morgan fingerprint density at radius 2 is 2.20 bits per heavy atom. The molecule has 0 aromatic heterocycles. The third-order valence-electron chi connectivity index (χ3n) is 1.97. The lowest BCUT2D eigenvalue weighted by Gasteiger charge is -1.96. The average Bonchev–Trinajstić information content (AvgIpc) is 2.23. The van der Waals surface area contributed by atoms with Crippen molar-refractivity contribution in [2.24, 2.45) is 0 Å². The Balaban J connectivity index is 2.79. The number of aryl methyl sites for hydroxylation is 1. The Bertz CT molecular complexity index is 399. The first-order valence-electron chi connectivity index (χ1n) is 4.96. The third-order valence-corrected chi connectivity index (χ3v) is 1.97. The minimum absolute atomic E-state index is 0.688. The summed E-state index contributed by atoms with van der Waals surface area (Å²) in [7, 11) is 1.90. The van der Waals surface area contributed by atoms with Crippen molar-refractivity contribution in [1.29, 1.82) is 0 Å². The van der Waals surface area contributed by atoms with Crippen LogP contribution in [0.2, 0.25) is 0 Å². The van der Waals surface area contributed by atoms with Gasteiger partial charge in [0.1, 0.15) is 6.29 Å². The third kappa shape index (κ3) is 3.97. The average molecular weight is 201 g/mol. The van der Waals surface area contributed by atoms with Gasteiger partial charge < -0.3 is 5.32 Å². The number of rotatable bonds is 3. The Kier molecular flexibility index (Phi) is 4.59. The number of benzene rings is 1. The molecule has 0 aliphatic rings. The van der Waals surface area contributed by atoms with Gasteiger partial charge in [-0.2, -0.15) is 0 Å². The van der Waals surface area contributed by atoms with Gasteiger partial charge >= 0.3 is 0 Å². The highest BCUT2D eigenvalue weighted by atomic mass is 16.1. The minimum atomic E-state index is 0.688. The molecule has 1 N–H and O–H groups in total. The first kappa shape index (κ1) is 11.5. The molecule has 1 aromatic carbocycles. The lowest BCUT2D eigenvalue weighted by atomic mass is 10.1. The number of hydrogen-bond donors (Lipinski definition) is 1. The van der Waals surface area contributed by atoms with Gasteiger partial charge in [0.05, 0.1) is 0 Å². The normalized spacial score (nSPS) is 9.20. The standard InChI is InChI=1S/C13H15NO/c1-11-7-12(5-3-4-6-14-2)9-13(8-11)10-15/h7-10,14H,4,6H2,1-2H3. The molecule has 0 saturated carbocycles. The van der Waals surface area contributed by atoms with Gasteiger partial charge in [-0.3, -0.25) is 4.79 Å². The molecule has 0 amide bonds. The van der Waals surface area contributed by atoms with Crippen LogP contribution in [0.3, 0.4) is 0 Å². The molecular formula is C13H15NO. The van der Waals surface area contributed by atoms with Gasteiger partial charge in [0.25, 0.3) is 0 Å². The second kappa shape index (κ2) is 6.00. The summed E-state index contributed by atoms with van der Waals surface area (Å²) in [6, 6.07) is 5.65. The molecule has 2 heteroatoms. The van der Waals surface area contributed by atoms with Gasteiger partial charge in [0.2, 0.25) is 0 Å². The molecule has 2 nitrogen and oxygen atoms in total. The van der Waals surface area contributed by atoms with E-state index in [1.165, 1.54) is 0 Å². The van der Waals surface area contributed by atoms with Crippen LogP contribution in [0, 0.1) is 18.8 Å². The molecule has 0 spiro atoms. The quantitative estimate of drug-likeness (QED) is 0.459. The second-order valence-electron chi connectivity index (χ2n) is 3.41. The van der Waals surface area contributed by atoms with Crippen molar-refractivity contribution in [2.75, 3.05) is 13.6 Å². The highest BCUT2D eigenvalue weighted by molar-refractivity contribution is 5.76. The summed E-state index contributed by atoms with van der Waals surface area (Å²) in [5.41, 5.74) is 2.67. The van der Waals surface area contributed by atoms with E-state index in [1.807, 2.05) is 32.2 Å².